The first-order chi connectivity index (χ1) is 59.4. The minimum absolute atomic E-state index is 0. The Balaban J connectivity index is 0.000000323. The molecule has 6 nitrogen and oxygen atoms in total. The third-order valence-electron chi connectivity index (χ3n) is 24.4. The topological polar surface area (TPSA) is 72.2 Å². The zero-order valence-electron chi connectivity index (χ0n) is 86.2. The van der Waals surface area contributed by atoms with Gasteiger partial charge in [-0.3, -0.25) is 0 Å². The molecule has 0 aromatic heterocycles. The molecule has 0 fully saturated rings. The van der Waals surface area contributed by atoms with E-state index in [2.05, 4.69) is 500 Å². The van der Waals surface area contributed by atoms with E-state index in [9.17, 15) is 0 Å². The second-order valence-corrected chi connectivity index (χ2v) is 41.0. The summed E-state index contributed by atoms with van der Waals surface area (Å²) in [6, 6.07) is 79.1. The summed E-state index contributed by atoms with van der Waals surface area (Å²) in [6.45, 7) is 81.9. The van der Waals surface area contributed by atoms with Gasteiger partial charge in [0.1, 0.15) is 0 Å². The number of nitrogens with one attached hydrogen (secondary N) is 6. The van der Waals surface area contributed by atoms with Crippen LogP contribution in [0.4, 0.5) is 68.2 Å². The molecule has 12 aromatic rings. The van der Waals surface area contributed by atoms with Gasteiger partial charge in [-0.15, -0.1) is 66.7 Å². The van der Waals surface area contributed by atoms with Gasteiger partial charge < -0.3 is 31.9 Å². The molecule has 0 aliphatic heterocycles. The second kappa shape index (κ2) is 53.5. The molecule has 0 amide bonds. The van der Waals surface area contributed by atoms with E-state index in [0.717, 1.165) is 0 Å². The van der Waals surface area contributed by atoms with E-state index in [-0.39, 0.29) is 51.2 Å². The quantitative estimate of drug-likeness (QED) is 0.0199. The van der Waals surface area contributed by atoms with Gasteiger partial charge in [0, 0.05) is 5.69 Å². The Hall–Kier alpha value is -8.22. The van der Waals surface area contributed by atoms with E-state index >= 15 is 0 Å². The van der Waals surface area contributed by atoms with Crippen LogP contribution in [0.5, 0.6) is 0 Å². The summed E-state index contributed by atoms with van der Waals surface area (Å²) in [5, 5.41) is 21.9. The first-order valence-electron chi connectivity index (χ1n) is 48.4. The van der Waals surface area contributed by atoms with Crippen molar-refractivity contribution in [3.63, 3.8) is 0 Å². The summed E-state index contributed by atoms with van der Waals surface area (Å²) >= 11 is 0. The van der Waals surface area contributed by atoms with Crippen molar-refractivity contribution in [1.29, 1.82) is 0 Å². The van der Waals surface area contributed by atoms with E-state index in [1.165, 1.54) is 168 Å². The van der Waals surface area contributed by atoms with Crippen molar-refractivity contribution in [2.45, 2.75) is 356 Å². The molecule has 0 heterocycles. The second-order valence-electron chi connectivity index (χ2n) is 41.0. The molecule has 0 radical (unpaired) electrons. The molecule has 0 aliphatic rings. The van der Waals surface area contributed by atoms with Gasteiger partial charge in [-0.25, -0.2) is 6.07 Å². The van der Waals surface area contributed by atoms with Gasteiger partial charge in [-0.2, -0.15) is 72.8 Å². The molecule has 0 unspecified atom stereocenters. The summed E-state index contributed by atoms with van der Waals surface area (Å²) in [7, 11) is 0. The van der Waals surface area contributed by atoms with Gasteiger partial charge in [0.05, 0.1) is 0 Å². The molecule has 6 N–H and O–H groups in total. The summed E-state index contributed by atoms with van der Waals surface area (Å²) in [5.74, 6) is 9.53. The first kappa shape index (κ1) is 113. The number of hydrogen-bond donors (Lipinski definition) is 6. The Kier molecular flexibility index (Phi) is 46.9. The summed E-state index contributed by atoms with van der Waals surface area (Å²) < 4.78 is 0. The largest absolute Gasteiger partial charge is 2.00 e. The SMILES string of the molecule is CC(C)c1cc(C(C)C)c(N[c-]2cccc2)c(C(C)C)c1.CC(C)c1cc(C(C)C)c(N[c-]2cccc2)c(C(C)C)c1.CC(C)c1cc(C(C)C)c(N[c-]2cccc2)c(C(C)C)c1.CC(C)c1cc(C(C)C)c(N[c-]2cccc2)c(C(C)C)c1.CC(C)c1cc(C(C)C)c(N[c-]2cccc2)c(C(C)C)c1.CC(C)c1cc(C(C)C)c(Nc2ccc[cH-]2)c(C(C)C)c1.[Fe+2].[Fe+2].[Fe+2]. The van der Waals surface area contributed by atoms with E-state index in [1.54, 1.807) is 0 Å². The van der Waals surface area contributed by atoms with Gasteiger partial charge in [0.2, 0.25) is 0 Å². The first-order valence-corrected chi connectivity index (χ1v) is 48.4. The molecule has 12 aromatic carbocycles. The van der Waals surface area contributed by atoms with Crippen LogP contribution in [-0.2, 0) is 51.2 Å². The molecule has 702 valence electrons. The predicted molar refractivity (Wildman–Crippen MR) is 564 cm³/mol. The minimum Gasteiger partial charge on any atom is -0.433 e. The van der Waals surface area contributed by atoms with Crippen LogP contribution >= 0.6 is 0 Å². The van der Waals surface area contributed by atoms with Gasteiger partial charge in [-0.05, 0) is 179 Å². The third-order valence-corrected chi connectivity index (χ3v) is 24.4. The van der Waals surface area contributed by atoms with Crippen molar-refractivity contribution >= 4 is 68.2 Å². The van der Waals surface area contributed by atoms with Crippen molar-refractivity contribution in [3.05, 3.63) is 319 Å². The van der Waals surface area contributed by atoms with Crippen LogP contribution in [-0.4, -0.2) is 0 Å². The molecular formula is C120H168Fe3N6. The number of anilines is 12. The van der Waals surface area contributed by atoms with Gasteiger partial charge in [0.15, 0.2) is 0 Å². The Morgan fingerprint density at radius 3 is 0.419 bits per heavy atom. The fraction of sp³-hybridized carbons (Fsp3) is 0.450. The van der Waals surface area contributed by atoms with Crippen LogP contribution in [0.3, 0.4) is 0 Å². The summed E-state index contributed by atoms with van der Waals surface area (Å²) in [4.78, 5) is 0. The third kappa shape index (κ3) is 32.6. The molecule has 9 heteroatoms. The van der Waals surface area contributed by atoms with Crippen molar-refractivity contribution in [1.82, 2.24) is 0 Å². The minimum atomic E-state index is 0. The standard InChI is InChI=1S/6C20H28N.3Fe/c6*1-13(2)16-11-18(14(3)4)20(19(12-16)15(5)6)21-17-9-7-8-10-17;;;/h6*7-15,21H,1-6H3;;;/q6*-1;3*+2. The van der Waals surface area contributed by atoms with E-state index in [4.69, 9.17) is 0 Å². The van der Waals surface area contributed by atoms with Gasteiger partial charge in [0.25, 0.3) is 0 Å². The maximum Gasteiger partial charge on any atom is 2.00 e. The number of rotatable bonds is 30. The van der Waals surface area contributed by atoms with Gasteiger partial charge >= 0.3 is 51.2 Å². The monoisotopic (exact) mass is 1860 g/mol. The zero-order valence-corrected chi connectivity index (χ0v) is 89.6. The molecule has 12 rings (SSSR count). The predicted octanol–water partition coefficient (Wildman–Crippen LogP) is 39.1. The smallest absolute Gasteiger partial charge is 0.433 e. The van der Waals surface area contributed by atoms with Crippen LogP contribution in [0, 0.1) is 0 Å². The van der Waals surface area contributed by atoms with Crippen LogP contribution in [0.25, 0.3) is 0 Å². The Bertz CT molecular complexity index is 4130. The summed E-state index contributed by atoms with van der Waals surface area (Å²) in [6.07, 6.45) is 0. The van der Waals surface area contributed by atoms with Crippen LogP contribution in [0.2, 0.25) is 0 Å². The fourth-order valence-corrected chi connectivity index (χ4v) is 16.2. The molecule has 0 aliphatic carbocycles. The van der Waals surface area contributed by atoms with Crippen molar-refractivity contribution in [3.8, 4) is 0 Å². The summed E-state index contributed by atoms with van der Waals surface area (Å²) in [5.41, 5.74) is 40.6. The molecule has 0 saturated heterocycles. The van der Waals surface area contributed by atoms with Gasteiger partial charge in [-0.1, -0.05) is 412 Å². The molecule has 129 heavy (non-hydrogen) atoms. The normalized spacial score (nSPS) is 11.4. The molecular weight excluding hydrogens is 1690 g/mol. The number of hydrogen-bond acceptors (Lipinski definition) is 6. The Morgan fingerprint density at radius 1 is 0.178 bits per heavy atom. The Morgan fingerprint density at radius 2 is 0.310 bits per heavy atom. The molecule has 0 saturated carbocycles. The fourth-order valence-electron chi connectivity index (χ4n) is 16.2. The number of benzene rings is 6. The molecule has 0 atom stereocenters. The van der Waals surface area contributed by atoms with Crippen molar-refractivity contribution in [2.24, 2.45) is 0 Å². The van der Waals surface area contributed by atoms with Crippen molar-refractivity contribution < 1.29 is 51.2 Å². The zero-order chi connectivity index (χ0) is 93.4. The van der Waals surface area contributed by atoms with Crippen LogP contribution in [0.1, 0.15) is 456 Å². The van der Waals surface area contributed by atoms with Crippen LogP contribution < -0.4 is 31.9 Å². The molecule has 0 bridgehead atoms. The average Bonchev–Trinajstić information content (AvgIpc) is 1.81. The maximum absolute atomic E-state index is 3.65. The maximum atomic E-state index is 3.65. The van der Waals surface area contributed by atoms with Crippen LogP contribution in [0.15, 0.2) is 218 Å². The van der Waals surface area contributed by atoms with E-state index < -0.39 is 0 Å². The Labute approximate surface area is 819 Å². The van der Waals surface area contributed by atoms with E-state index in [0.29, 0.717) is 107 Å². The van der Waals surface area contributed by atoms with Crippen molar-refractivity contribution in [2.75, 3.05) is 31.9 Å². The average molecular weight is 1860 g/mol. The van der Waals surface area contributed by atoms with E-state index in [1.807, 2.05) is 0 Å². The molecule has 0 spiro atoms.